The lowest BCUT2D eigenvalue weighted by Crippen LogP contribution is -2.42. The Morgan fingerprint density at radius 3 is 2.95 bits per heavy atom. The zero-order valence-electron chi connectivity index (χ0n) is 11.5. The third kappa shape index (κ3) is 2.43. The van der Waals surface area contributed by atoms with Gasteiger partial charge in [0.05, 0.1) is 23.1 Å². The van der Waals surface area contributed by atoms with E-state index in [4.69, 9.17) is 0 Å². The number of carbonyl (C=O) groups is 1. The van der Waals surface area contributed by atoms with Crippen LogP contribution in [0.5, 0.6) is 0 Å². The van der Waals surface area contributed by atoms with Gasteiger partial charge in [-0.05, 0) is 25.0 Å². The zero-order valence-corrected chi connectivity index (χ0v) is 11.5. The van der Waals surface area contributed by atoms with Crippen molar-refractivity contribution in [3.63, 3.8) is 0 Å². The molecule has 3 rings (SSSR count). The summed E-state index contributed by atoms with van der Waals surface area (Å²) in [4.78, 5) is 23.0. The molecule has 1 atom stereocenters. The fourth-order valence-electron chi connectivity index (χ4n) is 2.70. The minimum Gasteiger partial charge on any atom is -0.359 e. The second-order valence-corrected chi connectivity index (χ2v) is 5.12. The summed E-state index contributed by atoms with van der Waals surface area (Å²) in [5.41, 5.74) is 1.79. The van der Waals surface area contributed by atoms with Crippen LogP contribution in [0.2, 0.25) is 0 Å². The highest BCUT2D eigenvalue weighted by Crippen LogP contribution is 2.22. The molecule has 1 saturated heterocycles. The normalized spacial score (nSPS) is 19.1. The molecule has 2 aromatic rings. The molecule has 0 saturated carbocycles. The molecule has 5 heteroatoms. The summed E-state index contributed by atoms with van der Waals surface area (Å²) in [6, 6.07) is 7.84. The molecule has 0 aliphatic carbocycles. The molecule has 0 spiro atoms. The predicted molar refractivity (Wildman–Crippen MR) is 78.5 cm³/mol. The summed E-state index contributed by atoms with van der Waals surface area (Å²) in [6.45, 7) is 1.65. The lowest BCUT2D eigenvalue weighted by Gasteiger charge is -2.32. The number of aromatic nitrogens is 2. The topological polar surface area (TPSA) is 58.1 Å². The van der Waals surface area contributed by atoms with Gasteiger partial charge in [-0.3, -0.25) is 9.78 Å². The first kappa shape index (κ1) is 12.8. The monoisotopic (exact) mass is 270 g/mol. The van der Waals surface area contributed by atoms with Crippen molar-refractivity contribution in [2.24, 2.45) is 5.92 Å². The maximum atomic E-state index is 11.8. The number of amides is 1. The van der Waals surface area contributed by atoms with Crippen LogP contribution in [0.15, 0.2) is 30.5 Å². The van der Waals surface area contributed by atoms with Crippen LogP contribution in [0, 0.1) is 5.92 Å². The quantitative estimate of drug-likeness (QED) is 0.900. The Balaban J connectivity index is 1.84. The Morgan fingerprint density at radius 1 is 1.35 bits per heavy atom. The van der Waals surface area contributed by atoms with Crippen molar-refractivity contribution in [3.8, 4) is 0 Å². The van der Waals surface area contributed by atoms with Crippen LogP contribution >= 0.6 is 0 Å². The molecule has 1 amide bonds. The number of hydrogen-bond donors (Lipinski definition) is 1. The van der Waals surface area contributed by atoms with Crippen molar-refractivity contribution in [2.75, 3.05) is 25.0 Å². The van der Waals surface area contributed by atoms with E-state index < -0.39 is 0 Å². The molecule has 20 heavy (non-hydrogen) atoms. The van der Waals surface area contributed by atoms with E-state index in [1.807, 2.05) is 24.3 Å². The molecule has 1 fully saturated rings. The number of carbonyl (C=O) groups excluding carboxylic acids is 1. The third-order valence-corrected chi connectivity index (χ3v) is 3.80. The average Bonchev–Trinajstić information content (AvgIpc) is 2.53. The van der Waals surface area contributed by atoms with E-state index in [1.54, 1.807) is 13.2 Å². The Labute approximate surface area is 118 Å². The van der Waals surface area contributed by atoms with Crippen molar-refractivity contribution in [1.29, 1.82) is 0 Å². The Bertz CT molecular complexity index is 628. The number of nitrogens with one attached hydrogen (secondary N) is 1. The lowest BCUT2D eigenvalue weighted by molar-refractivity contribution is -0.124. The number of anilines is 1. The van der Waals surface area contributed by atoms with Gasteiger partial charge in [-0.15, -0.1) is 0 Å². The lowest BCUT2D eigenvalue weighted by atomic mass is 9.97. The first-order valence-corrected chi connectivity index (χ1v) is 6.96. The van der Waals surface area contributed by atoms with E-state index in [9.17, 15) is 4.79 Å². The maximum absolute atomic E-state index is 11.8. The molecule has 0 bridgehead atoms. The molecule has 1 aromatic heterocycles. The van der Waals surface area contributed by atoms with Gasteiger partial charge in [0.2, 0.25) is 5.91 Å². The molecule has 1 N–H and O–H groups in total. The summed E-state index contributed by atoms with van der Waals surface area (Å²) in [6.07, 6.45) is 3.75. The van der Waals surface area contributed by atoms with Gasteiger partial charge >= 0.3 is 0 Å². The van der Waals surface area contributed by atoms with Crippen molar-refractivity contribution >= 4 is 22.8 Å². The summed E-state index contributed by atoms with van der Waals surface area (Å²) < 4.78 is 0. The van der Waals surface area contributed by atoms with Crippen LogP contribution < -0.4 is 10.2 Å². The molecule has 0 radical (unpaired) electrons. The number of piperidine rings is 1. The van der Waals surface area contributed by atoms with E-state index in [2.05, 4.69) is 20.2 Å². The summed E-state index contributed by atoms with van der Waals surface area (Å²) in [7, 11) is 1.69. The molecule has 1 aromatic carbocycles. The second kappa shape index (κ2) is 5.45. The SMILES string of the molecule is CNC(=O)[C@H]1CCCN(c2cnc3ccccc3n2)C1. The molecule has 2 heterocycles. The van der Waals surface area contributed by atoms with Crippen LogP contribution in [0.25, 0.3) is 11.0 Å². The summed E-state index contributed by atoms with van der Waals surface area (Å²) >= 11 is 0. The number of rotatable bonds is 2. The Kier molecular flexibility index (Phi) is 3.50. The van der Waals surface area contributed by atoms with Gasteiger partial charge in [-0.2, -0.15) is 0 Å². The van der Waals surface area contributed by atoms with Crippen LogP contribution in [0.1, 0.15) is 12.8 Å². The molecule has 1 aliphatic rings. The minimum atomic E-state index is 0.0435. The van der Waals surface area contributed by atoms with E-state index in [-0.39, 0.29) is 11.8 Å². The highest BCUT2D eigenvalue weighted by molar-refractivity contribution is 5.79. The largest absolute Gasteiger partial charge is 0.359 e. The van der Waals surface area contributed by atoms with Crippen LogP contribution in [-0.2, 0) is 4.79 Å². The first-order chi connectivity index (χ1) is 9.78. The van der Waals surface area contributed by atoms with Crippen LogP contribution in [0.4, 0.5) is 5.82 Å². The van der Waals surface area contributed by atoms with Crippen LogP contribution in [0.3, 0.4) is 0 Å². The van der Waals surface area contributed by atoms with Crippen molar-refractivity contribution in [1.82, 2.24) is 15.3 Å². The van der Waals surface area contributed by atoms with Crippen LogP contribution in [-0.4, -0.2) is 36.0 Å². The standard InChI is InChI=1S/C15H18N4O/c1-16-15(20)11-5-4-8-19(10-11)14-9-17-12-6-2-3-7-13(12)18-14/h2-3,6-7,9,11H,4-5,8,10H2,1H3,(H,16,20)/t11-/m0/s1. The fourth-order valence-corrected chi connectivity index (χ4v) is 2.70. The number of nitrogens with zero attached hydrogens (tertiary/aromatic N) is 3. The van der Waals surface area contributed by atoms with Crippen molar-refractivity contribution < 1.29 is 4.79 Å². The third-order valence-electron chi connectivity index (χ3n) is 3.80. The minimum absolute atomic E-state index is 0.0435. The van der Waals surface area contributed by atoms with Gasteiger partial charge < -0.3 is 10.2 Å². The number of para-hydroxylation sites is 2. The molecule has 104 valence electrons. The van der Waals surface area contributed by atoms with Gasteiger partial charge in [-0.1, -0.05) is 12.1 Å². The van der Waals surface area contributed by atoms with Gasteiger partial charge in [0.25, 0.3) is 0 Å². The summed E-state index contributed by atoms with van der Waals surface area (Å²) in [5.74, 6) is 1.02. The molecule has 1 aliphatic heterocycles. The second-order valence-electron chi connectivity index (χ2n) is 5.12. The van der Waals surface area contributed by atoms with Gasteiger partial charge in [-0.25, -0.2) is 4.98 Å². The van der Waals surface area contributed by atoms with Crippen molar-refractivity contribution in [3.05, 3.63) is 30.5 Å². The van der Waals surface area contributed by atoms with Gasteiger partial charge in [0.15, 0.2) is 0 Å². The molecule has 0 unspecified atom stereocenters. The van der Waals surface area contributed by atoms with Gasteiger partial charge in [0.1, 0.15) is 5.82 Å². The van der Waals surface area contributed by atoms with E-state index in [0.717, 1.165) is 36.2 Å². The van der Waals surface area contributed by atoms with E-state index in [1.165, 1.54) is 0 Å². The zero-order chi connectivity index (χ0) is 13.9. The summed E-state index contributed by atoms with van der Waals surface area (Å²) in [5, 5.41) is 2.73. The van der Waals surface area contributed by atoms with Crippen molar-refractivity contribution in [2.45, 2.75) is 12.8 Å². The highest BCUT2D eigenvalue weighted by Gasteiger charge is 2.25. The van der Waals surface area contributed by atoms with E-state index >= 15 is 0 Å². The Morgan fingerprint density at radius 2 is 2.15 bits per heavy atom. The van der Waals surface area contributed by atoms with Gasteiger partial charge in [0, 0.05) is 20.1 Å². The maximum Gasteiger partial charge on any atom is 0.224 e. The smallest absolute Gasteiger partial charge is 0.224 e. The molecular formula is C15H18N4O. The first-order valence-electron chi connectivity index (χ1n) is 6.96. The number of fused-ring (bicyclic) bond motifs is 1. The highest BCUT2D eigenvalue weighted by atomic mass is 16.1. The number of benzene rings is 1. The van der Waals surface area contributed by atoms with E-state index in [0.29, 0.717) is 6.54 Å². The Hall–Kier alpha value is -2.17. The molecule has 5 nitrogen and oxygen atoms in total. The fraction of sp³-hybridized carbons (Fsp3) is 0.400. The predicted octanol–water partition coefficient (Wildman–Crippen LogP) is 1.59. The molecular weight excluding hydrogens is 252 g/mol. The average molecular weight is 270 g/mol. The number of hydrogen-bond acceptors (Lipinski definition) is 4.